The summed E-state index contributed by atoms with van der Waals surface area (Å²) in [4.78, 5) is 0. The fourth-order valence-corrected chi connectivity index (χ4v) is 2.61. The second-order valence-electron chi connectivity index (χ2n) is 5.26. The molecule has 1 aromatic heterocycles. The summed E-state index contributed by atoms with van der Waals surface area (Å²) in [6.45, 7) is 3.40. The molecule has 0 spiro atoms. The number of para-hydroxylation sites is 1. The highest BCUT2D eigenvalue weighted by molar-refractivity contribution is 5.35. The normalized spacial score (nSPS) is 15.7. The predicted molar refractivity (Wildman–Crippen MR) is 76.3 cm³/mol. The zero-order valence-corrected chi connectivity index (χ0v) is 11.7. The molecule has 3 rings (SSSR count). The van der Waals surface area contributed by atoms with Crippen LogP contribution in [0.4, 0.5) is 0 Å². The SMILES string of the molecule is CC(N)c1ccccc1OCc1nnc2n1CCCC2. The summed E-state index contributed by atoms with van der Waals surface area (Å²) >= 11 is 0. The number of nitrogens with zero attached hydrogens (tertiary/aromatic N) is 3. The van der Waals surface area contributed by atoms with Gasteiger partial charge in [-0.3, -0.25) is 0 Å². The summed E-state index contributed by atoms with van der Waals surface area (Å²) in [5.74, 6) is 2.81. The number of benzene rings is 1. The molecule has 0 radical (unpaired) electrons. The number of nitrogens with two attached hydrogens (primary N) is 1. The van der Waals surface area contributed by atoms with Gasteiger partial charge in [-0.05, 0) is 25.8 Å². The van der Waals surface area contributed by atoms with Crippen LogP contribution in [0, 0.1) is 0 Å². The Morgan fingerprint density at radius 1 is 1.30 bits per heavy atom. The topological polar surface area (TPSA) is 66.0 Å². The smallest absolute Gasteiger partial charge is 0.171 e. The van der Waals surface area contributed by atoms with Gasteiger partial charge in [-0.25, -0.2) is 0 Å². The first-order chi connectivity index (χ1) is 9.75. The molecule has 2 N–H and O–H groups in total. The molecular formula is C15H20N4O. The minimum Gasteiger partial charge on any atom is -0.485 e. The lowest BCUT2D eigenvalue weighted by Crippen LogP contribution is -2.15. The van der Waals surface area contributed by atoms with E-state index in [4.69, 9.17) is 10.5 Å². The quantitative estimate of drug-likeness (QED) is 0.926. The maximum atomic E-state index is 5.96. The molecule has 20 heavy (non-hydrogen) atoms. The summed E-state index contributed by atoms with van der Waals surface area (Å²) in [5.41, 5.74) is 6.98. The maximum Gasteiger partial charge on any atom is 0.171 e. The van der Waals surface area contributed by atoms with Crippen molar-refractivity contribution in [2.75, 3.05) is 0 Å². The third kappa shape index (κ3) is 2.54. The Balaban J connectivity index is 1.75. The monoisotopic (exact) mass is 272 g/mol. The van der Waals surface area contributed by atoms with Crippen molar-refractivity contribution in [1.29, 1.82) is 0 Å². The van der Waals surface area contributed by atoms with E-state index in [9.17, 15) is 0 Å². The third-order valence-corrected chi connectivity index (χ3v) is 3.70. The van der Waals surface area contributed by atoms with Gasteiger partial charge in [-0.2, -0.15) is 0 Å². The van der Waals surface area contributed by atoms with E-state index in [1.165, 1.54) is 12.8 Å². The number of fused-ring (bicyclic) bond motifs is 1. The number of rotatable bonds is 4. The molecule has 1 aliphatic rings. The van der Waals surface area contributed by atoms with Crippen LogP contribution in [0.5, 0.6) is 5.75 Å². The number of hydrogen-bond donors (Lipinski definition) is 1. The second-order valence-corrected chi connectivity index (χ2v) is 5.26. The van der Waals surface area contributed by atoms with E-state index in [0.717, 1.165) is 35.9 Å². The minimum atomic E-state index is -0.0430. The molecule has 1 atom stereocenters. The molecule has 0 amide bonds. The van der Waals surface area contributed by atoms with Crippen LogP contribution >= 0.6 is 0 Å². The highest BCUT2D eigenvalue weighted by Crippen LogP contribution is 2.24. The first-order valence-corrected chi connectivity index (χ1v) is 7.14. The Bertz CT molecular complexity index is 591. The highest BCUT2D eigenvalue weighted by atomic mass is 16.5. The standard InChI is InChI=1S/C15H20N4O/c1-11(16)12-6-2-3-7-13(12)20-10-15-18-17-14-8-4-5-9-19(14)15/h2-3,6-7,11H,4-5,8-10,16H2,1H3. The van der Waals surface area contributed by atoms with Crippen LogP contribution < -0.4 is 10.5 Å². The molecule has 1 unspecified atom stereocenters. The van der Waals surface area contributed by atoms with Crippen molar-refractivity contribution >= 4 is 0 Å². The Hall–Kier alpha value is -1.88. The molecule has 106 valence electrons. The lowest BCUT2D eigenvalue weighted by atomic mass is 10.1. The van der Waals surface area contributed by atoms with E-state index in [2.05, 4.69) is 14.8 Å². The van der Waals surface area contributed by atoms with Crippen molar-refractivity contribution in [3.05, 3.63) is 41.5 Å². The average molecular weight is 272 g/mol. The van der Waals surface area contributed by atoms with E-state index in [1.807, 2.05) is 31.2 Å². The molecule has 5 heteroatoms. The van der Waals surface area contributed by atoms with Crippen molar-refractivity contribution in [2.45, 2.75) is 45.4 Å². The molecule has 0 bridgehead atoms. The number of hydrogen-bond acceptors (Lipinski definition) is 4. The molecule has 0 fully saturated rings. The van der Waals surface area contributed by atoms with Crippen LogP contribution in [-0.2, 0) is 19.6 Å². The van der Waals surface area contributed by atoms with E-state index in [0.29, 0.717) is 6.61 Å². The van der Waals surface area contributed by atoms with Crippen LogP contribution in [0.15, 0.2) is 24.3 Å². The number of ether oxygens (including phenoxy) is 1. The van der Waals surface area contributed by atoms with Gasteiger partial charge in [0.15, 0.2) is 5.82 Å². The van der Waals surface area contributed by atoms with Crippen LogP contribution in [-0.4, -0.2) is 14.8 Å². The van der Waals surface area contributed by atoms with Gasteiger partial charge in [0.1, 0.15) is 18.2 Å². The highest BCUT2D eigenvalue weighted by Gasteiger charge is 2.16. The lowest BCUT2D eigenvalue weighted by Gasteiger charge is -2.16. The van der Waals surface area contributed by atoms with Crippen LogP contribution in [0.3, 0.4) is 0 Å². The largest absolute Gasteiger partial charge is 0.485 e. The predicted octanol–water partition coefficient (Wildman–Crippen LogP) is 2.21. The molecule has 0 saturated carbocycles. The number of aryl methyl sites for hydroxylation is 1. The van der Waals surface area contributed by atoms with E-state index >= 15 is 0 Å². The average Bonchev–Trinajstić information content (AvgIpc) is 2.88. The molecular weight excluding hydrogens is 252 g/mol. The molecule has 2 aromatic rings. The first-order valence-electron chi connectivity index (χ1n) is 7.14. The van der Waals surface area contributed by atoms with Crippen LogP contribution in [0.2, 0.25) is 0 Å². The molecule has 0 aliphatic carbocycles. The van der Waals surface area contributed by atoms with Crippen molar-refractivity contribution < 1.29 is 4.74 Å². The molecule has 0 saturated heterocycles. The fourth-order valence-electron chi connectivity index (χ4n) is 2.61. The van der Waals surface area contributed by atoms with Crippen molar-refractivity contribution in [3.8, 4) is 5.75 Å². The van der Waals surface area contributed by atoms with Crippen molar-refractivity contribution in [3.63, 3.8) is 0 Å². The van der Waals surface area contributed by atoms with E-state index in [1.54, 1.807) is 0 Å². The van der Waals surface area contributed by atoms with Crippen LogP contribution in [0.25, 0.3) is 0 Å². The Kier molecular flexibility index (Phi) is 3.69. The van der Waals surface area contributed by atoms with Gasteiger partial charge >= 0.3 is 0 Å². The van der Waals surface area contributed by atoms with Crippen LogP contribution in [0.1, 0.15) is 43.0 Å². The van der Waals surface area contributed by atoms with Gasteiger partial charge in [-0.1, -0.05) is 18.2 Å². The van der Waals surface area contributed by atoms with Crippen molar-refractivity contribution in [1.82, 2.24) is 14.8 Å². The fraction of sp³-hybridized carbons (Fsp3) is 0.467. The van der Waals surface area contributed by atoms with Gasteiger partial charge in [0.25, 0.3) is 0 Å². The molecule has 1 aliphatic heterocycles. The molecule has 5 nitrogen and oxygen atoms in total. The van der Waals surface area contributed by atoms with Gasteiger partial charge < -0.3 is 15.0 Å². The minimum absolute atomic E-state index is 0.0430. The summed E-state index contributed by atoms with van der Waals surface area (Å²) in [5, 5.41) is 8.48. The zero-order valence-electron chi connectivity index (χ0n) is 11.7. The van der Waals surface area contributed by atoms with Gasteiger partial charge in [0.2, 0.25) is 0 Å². The summed E-state index contributed by atoms with van der Waals surface area (Å²) < 4.78 is 8.08. The Labute approximate surface area is 118 Å². The van der Waals surface area contributed by atoms with Gasteiger partial charge in [0, 0.05) is 24.6 Å². The summed E-state index contributed by atoms with van der Waals surface area (Å²) in [6, 6.07) is 7.84. The van der Waals surface area contributed by atoms with E-state index < -0.39 is 0 Å². The lowest BCUT2D eigenvalue weighted by molar-refractivity contribution is 0.282. The molecule has 2 heterocycles. The van der Waals surface area contributed by atoms with E-state index in [-0.39, 0.29) is 6.04 Å². The van der Waals surface area contributed by atoms with Gasteiger partial charge in [-0.15, -0.1) is 10.2 Å². The third-order valence-electron chi connectivity index (χ3n) is 3.70. The maximum absolute atomic E-state index is 5.96. The van der Waals surface area contributed by atoms with Gasteiger partial charge in [0.05, 0.1) is 0 Å². The molecule has 1 aromatic carbocycles. The second kappa shape index (κ2) is 5.63. The zero-order chi connectivity index (χ0) is 13.9. The summed E-state index contributed by atoms with van der Waals surface area (Å²) in [6.07, 6.45) is 3.41. The summed E-state index contributed by atoms with van der Waals surface area (Å²) in [7, 11) is 0. The Morgan fingerprint density at radius 3 is 3.00 bits per heavy atom. The van der Waals surface area contributed by atoms with Crippen molar-refractivity contribution in [2.24, 2.45) is 5.73 Å². The Morgan fingerprint density at radius 2 is 2.15 bits per heavy atom. The first kappa shape index (κ1) is 13.1. The number of aromatic nitrogens is 3.